The van der Waals surface area contributed by atoms with Gasteiger partial charge in [-0.25, -0.2) is 9.67 Å². The molecule has 0 saturated heterocycles. The van der Waals surface area contributed by atoms with Crippen molar-refractivity contribution in [2.75, 3.05) is 13.8 Å². The molecule has 0 unspecified atom stereocenters. The molecule has 0 spiro atoms. The summed E-state index contributed by atoms with van der Waals surface area (Å²) >= 11 is 1.69. The van der Waals surface area contributed by atoms with Gasteiger partial charge in [-0.1, -0.05) is 18.2 Å². The third kappa shape index (κ3) is 3.81. The molecule has 0 fully saturated rings. The average molecular weight is 419 g/mol. The van der Waals surface area contributed by atoms with E-state index in [0.29, 0.717) is 0 Å². The summed E-state index contributed by atoms with van der Waals surface area (Å²) in [5, 5.41) is 8.14. The Hall–Kier alpha value is -3.16. The number of hydrogen-bond donors (Lipinski definition) is 0. The zero-order chi connectivity index (χ0) is 20.5. The molecule has 0 N–H and O–H groups in total. The molecule has 0 aliphatic carbocycles. The van der Waals surface area contributed by atoms with Gasteiger partial charge in [0.05, 0.1) is 22.1 Å². The number of ether oxygens (including phenoxy) is 2. The Morgan fingerprint density at radius 3 is 2.70 bits per heavy atom. The molecule has 30 heavy (non-hydrogen) atoms. The van der Waals surface area contributed by atoms with Crippen molar-refractivity contribution in [3.05, 3.63) is 76.4 Å². The standard InChI is InChI=1S/C23H22N4O2S/c1-16-24-19(14-30-16)13-26(2)11-18-12-27(20-6-4-3-5-7-20)25-23(18)17-8-9-21-22(10-17)29-15-28-21/h3-10,12,14H,11,13,15H2,1-2H3. The van der Waals surface area contributed by atoms with Crippen LogP contribution in [0.4, 0.5) is 0 Å². The Kier molecular flexibility index (Phi) is 4.98. The molecular formula is C23H22N4O2S. The van der Waals surface area contributed by atoms with Crippen LogP contribution in [0.5, 0.6) is 11.5 Å². The molecule has 7 heteroatoms. The first-order chi connectivity index (χ1) is 14.7. The maximum atomic E-state index is 5.58. The Balaban J connectivity index is 1.49. The molecule has 0 bridgehead atoms. The van der Waals surface area contributed by atoms with Gasteiger partial charge >= 0.3 is 0 Å². The zero-order valence-corrected chi connectivity index (χ0v) is 17.7. The first-order valence-electron chi connectivity index (χ1n) is 9.79. The van der Waals surface area contributed by atoms with Gasteiger partial charge in [-0.05, 0) is 44.3 Å². The number of rotatable bonds is 6. The third-order valence-electron chi connectivity index (χ3n) is 5.00. The highest BCUT2D eigenvalue weighted by molar-refractivity contribution is 7.09. The molecule has 4 aromatic rings. The highest BCUT2D eigenvalue weighted by Gasteiger charge is 2.19. The van der Waals surface area contributed by atoms with Crippen molar-refractivity contribution in [2.24, 2.45) is 0 Å². The Morgan fingerprint density at radius 1 is 1.07 bits per heavy atom. The van der Waals surface area contributed by atoms with E-state index in [1.807, 2.05) is 48.0 Å². The number of para-hydroxylation sites is 1. The summed E-state index contributed by atoms with van der Waals surface area (Å²) < 4.78 is 13.0. The van der Waals surface area contributed by atoms with Crippen LogP contribution < -0.4 is 9.47 Å². The molecule has 1 aliphatic rings. The van der Waals surface area contributed by atoms with Gasteiger partial charge in [-0.3, -0.25) is 4.90 Å². The second kappa shape index (κ2) is 7.93. The van der Waals surface area contributed by atoms with Crippen molar-refractivity contribution in [3.8, 4) is 28.4 Å². The molecule has 152 valence electrons. The Labute approximate surface area is 179 Å². The van der Waals surface area contributed by atoms with Gasteiger partial charge < -0.3 is 9.47 Å². The molecular weight excluding hydrogens is 396 g/mol. The van der Waals surface area contributed by atoms with E-state index in [9.17, 15) is 0 Å². The highest BCUT2D eigenvalue weighted by atomic mass is 32.1. The van der Waals surface area contributed by atoms with Crippen LogP contribution in [0, 0.1) is 6.92 Å². The van der Waals surface area contributed by atoms with Gasteiger partial charge in [-0.2, -0.15) is 5.10 Å². The number of thiazole rings is 1. The van der Waals surface area contributed by atoms with Crippen LogP contribution in [0.25, 0.3) is 16.9 Å². The Morgan fingerprint density at radius 2 is 1.90 bits per heavy atom. The fourth-order valence-corrected chi connectivity index (χ4v) is 4.23. The minimum Gasteiger partial charge on any atom is -0.454 e. The van der Waals surface area contributed by atoms with Crippen LogP contribution in [0.15, 0.2) is 60.1 Å². The van der Waals surface area contributed by atoms with Crippen LogP contribution in [-0.4, -0.2) is 33.5 Å². The lowest BCUT2D eigenvalue weighted by atomic mass is 10.1. The number of aromatic nitrogens is 3. The van der Waals surface area contributed by atoms with E-state index in [1.165, 1.54) is 0 Å². The molecule has 0 saturated carbocycles. The van der Waals surface area contributed by atoms with Crippen molar-refractivity contribution in [2.45, 2.75) is 20.0 Å². The normalized spacial score (nSPS) is 12.6. The van der Waals surface area contributed by atoms with Gasteiger partial charge in [0.25, 0.3) is 0 Å². The van der Waals surface area contributed by atoms with Crippen LogP contribution in [0.1, 0.15) is 16.3 Å². The number of hydrogen-bond acceptors (Lipinski definition) is 6. The van der Waals surface area contributed by atoms with Crippen LogP contribution >= 0.6 is 11.3 Å². The van der Waals surface area contributed by atoms with Gasteiger partial charge in [0.1, 0.15) is 0 Å². The van der Waals surface area contributed by atoms with E-state index in [1.54, 1.807) is 11.3 Å². The summed E-state index contributed by atoms with van der Waals surface area (Å²) in [7, 11) is 2.11. The van der Waals surface area contributed by atoms with Gasteiger partial charge in [-0.15, -0.1) is 11.3 Å². The molecule has 2 aromatic carbocycles. The molecule has 5 rings (SSSR count). The van der Waals surface area contributed by atoms with Crippen molar-refractivity contribution >= 4 is 11.3 Å². The first kappa shape index (κ1) is 18.8. The van der Waals surface area contributed by atoms with Gasteiger partial charge in [0.2, 0.25) is 6.79 Å². The predicted molar refractivity (Wildman–Crippen MR) is 117 cm³/mol. The average Bonchev–Trinajstić information content (AvgIpc) is 3.48. The fourth-order valence-electron chi connectivity index (χ4n) is 3.63. The van der Waals surface area contributed by atoms with E-state index >= 15 is 0 Å². The van der Waals surface area contributed by atoms with Gasteiger partial charge in [0, 0.05) is 35.8 Å². The molecule has 0 radical (unpaired) electrons. The lowest BCUT2D eigenvalue weighted by Gasteiger charge is -2.15. The SMILES string of the molecule is Cc1nc(CN(C)Cc2cn(-c3ccccc3)nc2-c2ccc3c(c2)OCO3)cs1. The predicted octanol–water partition coefficient (Wildman–Crippen LogP) is 4.66. The summed E-state index contributed by atoms with van der Waals surface area (Å²) in [5.74, 6) is 1.54. The van der Waals surface area contributed by atoms with Crippen molar-refractivity contribution in [1.29, 1.82) is 0 Å². The summed E-state index contributed by atoms with van der Waals surface area (Å²) in [4.78, 5) is 6.85. The molecule has 0 atom stereocenters. The lowest BCUT2D eigenvalue weighted by Crippen LogP contribution is -2.17. The maximum Gasteiger partial charge on any atom is 0.231 e. The lowest BCUT2D eigenvalue weighted by molar-refractivity contribution is 0.174. The molecule has 6 nitrogen and oxygen atoms in total. The molecule has 0 amide bonds. The Bertz CT molecular complexity index is 1170. The minimum atomic E-state index is 0.264. The van der Waals surface area contributed by atoms with Crippen LogP contribution in [-0.2, 0) is 13.1 Å². The highest BCUT2D eigenvalue weighted by Crippen LogP contribution is 2.36. The van der Waals surface area contributed by atoms with Crippen molar-refractivity contribution < 1.29 is 9.47 Å². The van der Waals surface area contributed by atoms with E-state index in [-0.39, 0.29) is 6.79 Å². The number of benzene rings is 2. The van der Waals surface area contributed by atoms with E-state index in [0.717, 1.165) is 57.8 Å². The molecule has 3 heterocycles. The second-order valence-corrected chi connectivity index (χ2v) is 8.44. The minimum absolute atomic E-state index is 0.264. The fraction of sp³-hybridized carbons (Fsp3) is 0.217. The molecule has 2 aromatic heterocycles. The van der Waals surface area contributed by atoms with Crippen molar-refractivity contribution in [1.82, 2.24) is 19.7 Å². The van der Waals surface area contributed by atoms with E-state index in [4.69, 9.17) is 14.6 Å². The first-order valence-corrected chi connectivity index (χ1v) is 10.7. The number of fused-ring (bicyclic) bond motifs is 1. The monoisotopic (exact) mass is 418 g/mol. The van der Waals surface area contributed by atoms with Crippen LogP contribution in [0.3, 0.4) is 0 Å². The number of nitrogens with zero attached hydrogens (tertiary/aromatic N) is 4. The summed E-state index contributed by atoms with van der Waals surface area (Å²) in [6.45, 7) is 3.85. The van der Waals surface area contributed by atoms with Crippen LogP contribution in [0.2, 0.25) is 0 Å². The molecule has 1 aliphatic heterocycles. The van der Waals surface area contributed by atoms with E-state index in [2.05, 4.69) is 40.6 Å². The summed E-state index contributed by atoms with van der Waals surface area (Å²) in [5.41, 5.74) is 5.23. The zero-order valence-electron chi connectivity index (χ0n) is 16.9. The largest absolute Gasteiger partial charge is 0.454 e. The smallest absolute Gasteiger partial charge is 0.231 e. The number of aryl methyl sites for hydroxylation is 1. The third-order valence-corrected chi connectivity index (χ3v) is 5.82. The van der Waals surface area contributed by atoms with E-state index < -0.39 is 0 Å². The maximum absolute atomic E-state index is 5.58. The topological polar surface area (TPSA) is 52.4 Å². The second-order valence-electron chi connectivity index (χ2n) is 7.38. The quantitative estimate of drug-likeness (QED) is 0.456. The summed E-state index contributed by atoms with van der Waals surface area (Å²) in [6, 6.07) is 16.2. The van der Waals surface area contributed by atoms with Gasteiger partial charge in [0.15, 0.2) is 11.5 Å². The van der Waals surface area contributed by atoms with Crippen molar-refractivity contribution in [3.63, 3.8) is 0 Å². The summed E-state index contributed by atoms with van der Waals surface area (Å²) in [6.07, 6.45) is 2.11.